The summed E-state index contributed by atoms with van der Waals surface area (Å²) in [5.74, 6) is 1.84. The lowest BCUT2D eigenvalue weighted by molar-refractivity contribution is -0.120. The lowest BCUT2D eigenvalue weighted by Gasteiger charge is -2.28. The molecule has 0 saturated carbocycles. The molecule has 0 aromatic carbocycles. The summed E-state index contributed by atoms with van der Waals surface area (Å²) in [5, 5.41) is 31.6. The number of aliphatic hydroxyl groups is 2. The zero-order chi connectivity index (χ0) is 71.0. The van der Waals surface area contributed by atoms with Crippen molar-refractivity contribution in [3.63, 3.8) is 0 Å². The molecule has 97 heavy (non-hydrogen) atoms. The number of piperidine rings is 4. The molecule has 2 aromatic rings. The molecule has 2 aromatic heterocycles. The number of pyridine rings is 1. The second kappa shape index (κ2) is 62.1. The fourth-order valence-corrected chi connectivity index (χ4v) is 11.0. The van der Waals surface area contributed by atoms with Crippen LogP contribution in [0.25, 0.3) is 0 Å². The molecule has 0 radical (unpaired) electrons. The highest BCUT2D eigenvalue weighted by Crippen LogP contribution is 2.13. The van der Waals surface area contributed by atoms with Gasteiger partial charge in [0.25, 0.3) is 0 Å². The van der Waals surface area contributed by atoms with Gasteiger partial charge in [-0.25, -0.2) is 4.79 Å². The summed E-state index contributed by atoms with van der Waals surface area (Å²) in [4.78, 5) is 53.5. The Morgan fingerprint density at radius 1 is 0.557 bits per heavy atom. The van der Waals surface area contributed by atoms with Gasteiger partial charge in [0.15, 0.2) is 0 Å². The number of likely N-dealkylation sites (N-methyl/N-ethyl adjacent to an activating group) is 4. The number of piperazine rings is 1. The SMILES string of the molecule is C.CC1CCC(=O)N1.CC1CCCNC1.CC1CCNCC1.CC1NC(=O)NC1=O.CCCCN1CCOCC1.CN1CCC(O)CC1.CN1CCCC1.CN1CCCCC1.CN1CCC[C@H]1CO.CN1CCN(C)CC1.CN1CCOCC1.Cc1cccnc1.Cn1cccc1. The average molecular weight is 1380 g/mol. The number of hydrogen-bond donors (Lipinski definition) is 7. The van der Waals surface area contributed by atoms with Crippen LogP contribution in [-0.4, -0.2) is 314 Å². The summed E-state index contributed by atoms with van der Waals surface area (Å²) in [6.45, 7) is 40.7. The average Bonchev–Trinajstić information content (AvgIpc) is 3.76. The first-order chi connectivity index (χ1) is 46.1. The molecule has 4 atom stereocenters. The van der Waals surface area contributed by atoms with Crippen molar-refractivity contribution < 1.29 is 34.1 Å². The number of morpholine rings is 2. The van der Waals surface area contributed by atoms with Crippen LogP contribution in [0.1, 0.15) is 157 Å². The number of imide groups is 1. The van der Waals surface area contributed by atoms with Crippen LogP contribution < -0.4 is 26.6 Å². The van der Waals surface area contributed by atoms with Crippen LogP contribution in [0.4, 0.5) is 4.79 Å². The highest BCUT2D eigenvalue weighted by atomic mass is 16.5. The molecule has 13 rings (SSSR count). The minimum absolute atomic E-state index is 0. The number of carbonyl (C=O) groups excluding carboxylic acids is 3. The second-order valence-corrected chi connectivity index (χ2v) is 28.2. The van der Waals surface area contributed by atoms with E-state index in [0.717, 1.165) is 110 Å². The van der Waals surface area contributed by atoms with Crippen LogP contribution in [0.15, 0.2) is 49.1 Å². The van der Waals surface area contributed by atoms with Crippen LogP contribution in [0, 0.1) is 18.8 Å². The lowest BCUT2D eigenvalue weighted by atomic mass is 10.0. The Morgan fingerprint density at radius 2 is 1.08 bits per heavy atom. The normalized spacial score (nSPS) is 24.2. The Hall–Kier alpha value is -3.72. The van der Waals surface area contributed by atoms with E-state index in [4.69, 9.17) is 19.7 Å². The van der Waals surface area contributed by atoms with E-state index in [-0.39, 0.29) is 31.4 Å². The Morgan fingerprint density at radius 3 is 1.34 bits per heavy atom. The summed E-state index contributed by atoms with van der Waals surface area (Å²) >= 11 is 0. The van der Waals surface area contributed by atoms with Gasteiger partial charge in [-0.15, -0.1) is 0 Å². The predicted octanol–water partition coefficient (Wildman–Crippen LogP) is 7.45. The van der Waals surface area contributed by atoms with E-state index in [1.165, 1.54) is 174 Å². The molecule has 11 aliphatic heterocycles. The maximum atomic E-state index is 10.4. The molecule has 7 N–H and O–H groups in total. The number of likely N-dealkylation sites (tertiary alicyclic amines) is 4. The maximum absolute atomic E-state index is 10.4. The topological polar surface area (TPSA) is 214 Å². The summed E-state index contributed by atoms with van der Waals surface area (Å²) < 4.78 is 12.3. The van der Waals surface area contributed by atoms with Gasteiger partial charge in [0.1, 0.15) is 6.04 Å². The van der Waals surface area contributed by atoms with Gasteiger partial charge in [-0.3, -0.25) is 24.8 Å². The van der Waals surface area contributed by atoms with Crippen LogP contribution >= 0.6 is 0 Å². The van der Waals surface area contributed by atoms with E-state index in [2.05, 4.69) is 141 Å². The smallest absolute Gasteiger partial charge is 0.322 e. The van der Waals surface area contributed by atoms with Crippen LogP contribution in [0.5, 0.6) is 0 Å². The number of hydrogen-bond acceptors (Lipinski definition) is 18. The molecule has 0 spiro atoms. The number of aromatic nitrogens is 2. The third-order valence-corrected chi connectivity index (χ3v) is 18.3. The maximum Gasteiger partial charge on any atom is 0.322 e. The molecule has 3 unspecified atom stereocenters. The summed E-state index contributed by atoms with van der Waals surface area (Å²) in [6.07, 6.45) is 28.9. The summed E-state index contributed by atoms with van der Waals surface area (Å²) in [6, 6.07) is 8.06. The zero-order valence-electron chi connectivity index (χ0n) is 63.7. The van der Waals surface area contributed by atoms with E-state index in [1.807, 2.05) is 68.3 Å². The molecular weight excluding hydrogens is 1220 g/mol. The molecule has 0 bridgehead atoms. The number of nitrogens with zero attached hydrogens (tertiary/aromatic N) is 10. The highest BCUT2D eigenvalue weighted by molar-refractivity contribution is 6.03. The molecule has 0 aliphatic carbocycles. The molecule has 11 aliphatic rings. The number of aryl methyl sites for hydroxylation is 2. The standard InChI is InChI=1S/C8H17NO.C6H14N2.2C6H13NO.2C6H13N.C6H7N.C6H13N.C5H11NO.C5H9NO.C5H11N.C5H7N.C4H6N2O2.CH4/c1-2-3-4-9-5-7-10-8-6-9;1-7-3-5-8(2)6-4-7;1-7-4-2-6(8)3-5-7;1-7-4-2-3-6(7)5-8;1-6-2-4-7-5-3-6;2*1-6-3-2-4-7-5-6;1-7-5-3-2-4-6-7;1-6-2-4-7-5-3-6;1-4-2-3-5(7)6-4;2*1-6-4-2-3-5-6;1-2-3(7)6-4(8)5-2;/h2-8H2,1H3;3-6H2,1-2H3;2*6,8H,2-5H2,1H3;2*6-7H,2-5H2,1H3;2-5H,1H3;2-6H2,1H3;2-5H2,1H3;4H,2-3H2,1H3,(H,6,7);2-5H2,1H3;2-5H,1H3;2H,1H3,(H2,5,6,7,8);1H4/t;;;6-;;;;;;;;;;/m...0........../s1. The largest absolute Gasteiger partial charge is 0.395 e. The molecule has 4 amide bonds. The van der Waals surface area contributed by atoms with Gasteiger partial charge >= 0.3 is 6.03 Å². The van der Waals surface area contributed by atoms with Crippen molar-refractivity contribution in [3.8, 4) is 0 Å². The first-order valence-corrected chi connectivity index (χ1v) is 37.3. The van der Waals surface area contributed by atoms with E-state index >= 15 is 0 Å². The number of urea groups is 1. The number of nitrogens with one attached hydrogen (secondary N) is 5. The van der Waals surface area contributed by atoms with Gasteiger partial charge in [0.05, 0.1) is 39.1 Å². The van der Waals surface area contributed by atoms with Crippen molar-refractivity contribution in [2.24, 2.45) is 18.9 Å². The molecular formula is C75H151N15O7. The quantitative estimate of drug-likeness (QED) is 0.148. The lowest BCUT2D eigenvalue weighted by Crippen LogP contribution is -2.42. The van der Waals surface area contributed by atoms with Gasteiger partial charge < -0.3 is 79.8 Å². The predicted molar refractivity (Wildman–Crippen MR) is 406 cm³/mol. The first-order valence-electron chi connectivity index (χ1n) is 37.3. The van der Waals surface area contributed by atoms with Crippen molar-refractivity contribution in [3.05, 3.63) is 54.6 Å². The minimum Gasteiger partial charge on any atom is -0.395 e. The van der Waals surface area contributed by atoms with E-state index in [9.17, 15) is 14.4 Å². The Bertz CT molecular complexity index is 1940. The first kappa shape index (κ1) is 93.3. The van der Waals surface area contributed by atoms with Gasteiger partial charge in [0.2, 0.25) is 11.8 Å². The Labute approximate surface area is 593 Å². The van der Waals surface area contributed by atoms with Gasteiger partial charge in [-0.2, -0.15) is 0 Å². The van der Waals surface area contributed by atoms with Crippen LogP contribution in [-0.2, 0) is 26.1 Å². The van der Waals surface area contributed by atoms with Crippen molar-refractivity contribution in [2.75, 3.05) is 213 Å². The number of unbranched alkanes of at least 4 members (excludes halogenated alkanes) is 1. The number of ether oxygens (including phenoxy) is 2. The minimum atomic E-state index is -0.400. The van der Waals surface area contributed by atoms with Crippen molar-refractivity contribution in [2.45, 2.75) is 182 Å². The molecule has 13 heterocycles. The van der Waals surface area contributed by atoms with E-state index < -0.39 is 6.03 Å². The highest BCUT2D eigenvalue weighted by Gasteiger charge is 2.24. The van der Waals surface area contributed by atoms with Gasteiger partial charge in [-0.05, 0) is 261 Å². The van der Waals surface area contributed by atoms with Crippen molar-refractivity contribution >= 4 is 17.8 Å². The Kier molecular flexibility index (Phi) is 59.7. The van der Waals surface area contributed by atoms with Crippen molar-refractivity contribution in [1.29, 1.82) is 0 Å². The number of aliphatic hydroxyl groups excluding tert-OH is 2. The molecule has 22 nitrogen and oxygen atoms in total. The Balaban J connectivity index is 0.00000103. The number of rotatable bonds is 4. The van der Waals surface area contributed by atoms with E-state index in [1.54, 1.807) is 13.1 Å². The second-order valence-electron chi connectivity index (χ2n) is 28.2. The number of carbonyl (C=O) groups is 3. The monoisotopic (exact) mass is 1370 g/mol. The summed E-state index contributed by atoms with van der Waals surface area (Å²) in [5.41, 5.74) is 1.21. The fourth-order valence-electron chi connectivity index (χ4n) is 11.0. The zero-order valence-corrected chi connectivity index (χ0v) is 63.7. The summed E-state index contributed by atoms with van der Waals surface area (Å²) in [7, 11) is 17.0. The number of amides is 4. The van der Waals surface area contributed by atoms with Crippen LogP contribution in [0.2, 0.25) is 0 Å². The van der Waals surface area contributed by atoms with Crippen LogP contribution in [0.3, 0.4) is 0 Å². The molecule has 11 saturated heterocycles. The molecule has 11 fully saturated rings. The van der Waals surface area contributed by atoms with Gasteiger partial charge in [0, 0.05) is 116 Å². The third-order valence-electron chi connectivity index (χ3n) is 18.3. The van der Waals surface area contributed by atoms with Gasteiger partial charge in [-0.1, -0.05) is 47.1 Å². The fraction of sp³-hybridized carbons (Fsp3) is 0.840. The molecule has 568 valence electrons. The molecule has 22 heteroatoms. The van der Waals surface area contributed by atoms with E-state index in [0.29, 0.717) is 18.7 Å². The van der Waals surface area contributed by atoms with Crippen molar-refractivity contribution in [1.82, 2.24) is 75.3 Å². The third kappa shape index (κ3) is 56.6.